The molecular weight excluding hydrogens is 281 g/mol. The second-order valence-corrected chi connectivity index (χ2v) is 6.66. The lowest BCUT2D eigenvalue weighted by atomic mass is 9.90. The highest BCUT2D eigenvalue weighted by molar-refractivity contribution is 5.80. The van der Waals surface area contributed by atoms with Crippen LogP contribution in [0.25, 0.3) is 0 Å². The van der Waals surface area contributed by atoms with Gasteiger partial charge in [-0.1, -0.05) is 31.0 Å². The Balaban J connectivity index is 1.80. The van der Waals surface area contributed by atoms with Gasteiger partial charge in [0, 0.05) is 5.56 Å². The lowest BCUT2D eigenvalue weighted by Crippen LogP contribution is -2.39. The maximum absolute atomic E-state index is 14.2. The zero-order chi connectivity index (χ0) is 15.5. The summed E-state index contributed by atoms with van der Waals surface area (Å²) < 4.78 is 14.2. The summed E-state index contributed by atoms with van der Waals surface area (Å²) in [6.07, 6.45) is 6.05. The van der Waals surface area contributed by atoms with Crippen LogP contribution in [0.15, 0.2) is 24.3 Å². The number of aliphatic hydroxyl groups is 1. The Morgan fingerprint density at radius 1 is 1.14 bits per heavy atom. The lowest BCUT2D eigenvalue weighted by molar-refractivity contribution is -0.128. The van der Waals surface area contributed by atoms with Crippen molar-refractivity contribution < 1.29 is 14.3 Å². The van der Waals surface area contributed by atoms with Crippen molar-refractivity contribution in [3.05, 3.63) is 35.6 Å². The van der Waals surface area contributed by atoms with Crippen LogP contribution in [-0.2, 0) is 4.79 Å². The number of halogens is 1. The molecule has 2 aliphatic rings. The van der Waals surface area contributed by atoms with E-state index in [1.165, 1.54) is 6.07 Å². The number of benzene rings is 1. The molecule has 2 saturated carbocycles. The molecule has 2 fully saturated rings. The van der Waals surface area contributed by atoms with Gasteiger partial charge in [-0.3, -0.25) is 4.79 Å². The quantitative estimate of drug-likeness (QED) is 0.896. The van der Waals surface area contributed by atoms with Gasteiger partial charge < -0.3 is 10.4 Å². The number of rotatable bonds is 4. The summed E-state index contributed by atoms with van der Waals surface area (Å²) >= 11 is 0. The third-order valence-corrected chi connectivity index (χ3v) is 5.23. The highest BCUT2D eigenvalue weighted by atomic mass is 19.1. The van der Waals surface area contributed by atoms with Crippen molar-refractivity contribution in [3.63, 3.8) is 0 Å². The summed E-state index contributed by atoms with van der Waals surface area (Å²) in [6, 6.07) is 6.44. The molecule has 0 saturated heterocycles. The van der Waals surface area contributed by atoms with Crippen LogP contribution in [-0.4, -0.2) is 17.1 Å². The number of hydrogen-bond donors (Lipinski definition) is 2. The van der Waals surface area contributed by atoms with Crippen molar-refractivity contribution in [1.82, 2.24) is 5.32 Å². The van der Waals surface area contributed by atoms with Crippen LogP contribution < -0.4 is 5.32 Å². The highest BCUT2D eigenvalue weighted by Gasteiger charge is 2.35. The van der Waals surface area contributed by atoms with E-state index in [1.807, 2.05) is 6.07 Å². The molecule has 1 amide bonds. The third-order valence-electron chi connectivity index (χ3n) is 5.23. The van der Waals surface area contributed by atoms with Crippen molar-refractivity contribution in [2.24, 2.45) is 11.8 Å². The molecule has 0 bridgehead atoms. The zero-order valence-corrected chi connectivity index (χ0v) is 12.8. The van der Waals surface area contributed by atoms with Crippen LogP contribution in [0.4, 0.5) is 4.39 Å². The first-order chi connectivity index (χ1) is 10.7. The largest absolute Gasteiger partial charge is 0.392 e. The smallest absolute Gasteiger partial charge is 0.226 e. The number of nitrogens with one attached hydrogen (secondary N) is 1. The van der Waals surface area contributed by atoms with Gasteiger partial charge in [0.1, 0.15) is 5.82 Å². The van der Waals surface area contributed by atoms with E-state index < -0.39 is 6.10 Å². The van der Waals surface area contributed by atoms with Gasteiger partial charge in [0.25, 0.3) is 0 Å². The van der Waals surface area contributed by atoms with E-state index in [1.54, 1.807) is 12.1 Å². The Labute approximate surface area is 130 Å². The molecule has 0 spiro atoms. The minimum Gasteiger partial charge on any atom is -0.392 e. The van der Waals surface area contributed by atoms with E-state index >= 15 is 0 Å². The molecule has 0 radical (unpaired) electrons. The molecule has 120 valence electrons. The van der Waals surface area contributed by atoms with Gasteiger partial charge in [-0.15, -0.1) is 0 Å². The molecule has 3 atom stereocenters. The fourth-order valence-electron chi connectivity index (χ4n) is 3.97. The molecule has 2 aliphatic carbocycles. The number of aliphatic hydroxyl groups excluding tert-OH is 1. The average Bonchev–Trinajstić information content (AvgIpc) is 3.17. The van der Waals surface area contributed by atoms with Crippen LogP contribution in [0.3, 0.4) is 0 Å². The molecule has 22 heavy (non-hydrogen) atoms. The summed E-state index contributed by atoms with van der Waals surface area (Å²) in [5.74, 6) is -0.424. The van der Waals surface area contributed by atoms with Crippen LogP contribution >= 0.6 is 0 Å². The van der Waals surface area contributed by atoms with Crippen molar-refractivity contribution in [1.29, 1.82) is 0 Å². The molecular formula is C18H24FNO2. The fraction of sp³-hybridized carbons (Fsp3) is 0.611. The van der Waals surface area contributed by atoms with Crippen molar-refractivity contribution in [2.75, 3.05) is 0 Å². The number of carbonyl (C=O) groups excluding carboxylic acids is 1. The maximum Gasteiger partial charge on any atom is 0.226 e. The Kier molecular flexibility index (Phi) is 4.77. The molecule has 2 N–H and O–H groups in total. The first kappa shape index (κ1) is 15.5. The monoisotopic (exact) mass is 305 g/mol. The molecule has 0 heterocycles. The van der Waals surface area contributed by atoms with Gasteiger partial charge in [-0.05, 0) is 44.1 Å². The molecule has 0 aliphatic heterocycles. The topological polar surface area (TPSA) is 49.3 Å². The number of amides is 1. The van der Waals surface area contributed by atoms with Crippen molar-refractivity contribution >= 4 is 5.91 Å². The first-order valence-electron chi connectivity index (χ1n) is 8.39. The Bertz CT molecular complexity index is 528. The molecule has 3 rings (SSSR count). The van der Waals surface area contributed by atoms with Gasteiger partial charge >= 0.3 is 0 Å². The van der Waals surface area contributed by atoms with E-state index in [-0.39, 0.29) is 23.7 Å². The van der Waals surface area contributed by atoms with Crippen LogP contribution in [0.1, 0.15) is 56.6 Å². The Morgan fingerprint density at radius 3 is 2.50 bits per heavy atom. The molecule has 4 heteroatoms. The fourth-order valence-corrected chi connectivity index (χ4v) is 3.97. The third kappa shape index (κ3) is 3.17. The second kappa shape index (κ2) is 6.78. The predicted molar refractivity (Wildman–Crippen MR) is 82.6 cm³/mol. The summed E-state index contributed by atoms with van der Waals surface area (Å²) in [4.78, 5) is 12.5. The van der Waals surface area contributed by atoms with Gasteiger partial charge in [0.05, 0.1) is 18.1 Å². The van der Waals surface area contributed by atoms with E-state index in [2.05, 4.69) is 5.32 Å². The van der Waals surface area contributed by atoms with E-state index in [9.17, 15) is 14.3 Å². The van der Waals surface area contributed by atoms with E-state index in [0.717, 1.165) is 38.5 Å². The minimum atomic E-state index is -0.551. The lowest BCUT2D eigenvalue weighted by Gasteiger charge is -2.27. The molecule has 0 aromatic heterocycles. The van der Waals surface area contributed by atoms with Gasteiger partial charge in [-0.2, -0.15) is 0 Å². The summed E-state index contributed by atoms with van der Waals surface area (Å²) in [6.45, 7) is 0. The van der Waals surface area contributed by atoms with Crippen LogP contribution in [0, 0.1) is 17.7 Å². The molecule has 1 aromatic rings. The SMILES string of the molecule is O=C(NC(c1ccccc1F)C1CCCC1)C1CCCC1O. The Hall–Kier alpha value is -1.42. The van der Waals surface area contributed by atoms with Crippen molar-refractivity contribution in [2.45, 2.75) is 57.1 Å². The van der Waals surface area contributed by atoms with Crippen LogP contribution in [0.5, 0.6) is 0 Å². The number of carbonyl (C=O) groups is 1. The first-order valence-corrected chi connectivity index (χ1v) is 8.39. The normalized spacial score (nSPS) is 27.0. The highest BCUT2D eigenvalue weighted by Crippen LogP contribution is 2.37. The average molecular weight is 305 g/mol. The second-order valence-electron chi connectivity index (χ2n) is 6.66. The predicted octanol–water partition coefficient (Wildman–Crippen LogP) is 3.33. The van der Waals surface area contributed by atoms with Gasteiger partial charge in [0.2, 0.25) is 5.91 Å². The summed E-state index contributed by atoms with van der Waals surface area (Å²) in [5.41, 5.74) is 0.579. The van der Waals surface area contributed by atoms with Crippen LogP contribution in [0.2, 0.25) is 0 Å². The van der Waals surface area contributed by atoms with E-state index in [4.69, 9.17) is 0 Å². The van der Waals surface area contributed by atoms with Gasteiger partial charge in [0.15, 0.2) is 0 Å². The Morgan fingerprint density at radius 2 is 1.86 bits per heavy atom. The summed E-state index contributed by atoms with van der Waals surface area (Å²) in [7, 11) is 0. The van der Waals surface area contributed by atoms with Crippen molar-refractivity contribution in [3.8, 4) is 0 Å². The zero-order valence-electron chi connectivity index (χ0n) is 12.8. The molecule has 3 unspecified atom stereocenters. The minimum absolute atomic E-state index is 0.120. The van der Waals surface area contributed by atoms with E-state index in [0.29, 0.717) is 17.9 Å². The summed E-state index contributed by atoms with van der Waals surface area (Å²) in [5, 5.41) is 13.0. The molecule has 1 aromatic carbocycles. The maximum atomic E-state index is 14.2. The number of hydrogen-bond acceptors (Lipinski definition) is 2. The van der Waals surface area contributed by atoms with Gasteiger partial charge in [-0.25, -0.2) is 4.39 Å². The standard InChI is InChI=1S/C18H24FNO2/c19-15-10-4-3-8-13(15)17(12-6-1-2-7-12)20-18(22)14-9-5-11-16(14)21/h3-4,8,10,12,14,16-17,21H,1-2,5-7,9,11H2,(H,20,22). The molecule has 3 nitrogen and oxygen atoms in total.